The highest BCUT2D eigenvalue weighted by molar-refractivity contribution is 8.00. The second-order valence-electron chi connectivity index (χ2n) is 4.74. The van der Waals surface area contributed by atoms with Crippen molar-refractivity contribution in [2.75, 3.05) is 11.1 Å². The van der Waals surface area contributed by atoms with Crippen molar-refractivity contribution in [2.45, 2.75) is 18.4 Å². The summed E-state index contributed by atoms with van der Waals surface area (Å²) in [5, 5.41) is 13.1. The van der Waals surface area contributed by atoms with Crippen LogP contribution in [-0.4, -0.2) is 16.8 Å². The lowest BCUT2D eigenvalue weighted by Gasteiger charge is -2.12. The van der Waals surface area contributed by atoms with Crippen LogP contribution >= 0.6 is 11.8 Å². The maximum absolute atomic E-state index is 10.9. The van der Waals surface area contributed by atoms with E-state index in [2.05, 4.69) is 5.32 Å². The molecule has 4 nitrogen and oxygen atoms in total. The van der Waals surface area contributed by atoms with E-state index in [9.17, 15) is 9.90 Å². The van der Waals surface area contributed by atoms with E-state index >= 15 is 0 Å². The predicted molar refractivity (Wildman–Crippen MR) is 86.5 cm³/mol. The Morgan fingerprint density at radius 3 is 2.81 bits per heavy atom. The molecule has 2 aromatic carbocycles. The molecule has 0 atom stereocenters. The van der Waals surface area contributed by atoms with Gasteiger partial charge in [0.2, 0.25) is 5.91 Å². The number of hydrogen-bond donors (Lipinski definition) is 3. The first kappa shape index (κ1) is 15.3. The highest BCUT2D eigenvalue weighted by Crippen LogP contribution is 2.28. The zero-order valence-electron chi connectivity index (χ0n) is 11.8. The normalized spacial score (nSPS) is 10.3. The number of thioether (sulfide) groups is 1. The fourth-order valence-electron chi connectivity index (χ4n) is 1.93. The maximum atomic E-state index is 10.9. The Bertz CT molecular complexity index is 644. The molecule has 1 amide bonds. The van der Waals surface area contributed by atoms with Gasteiger partial charge in [0.15, 0.2) is 0 Å². The summed E-state index contributed by atoms with van der Waals surface area (Å²) in [4.78, 5) is 11.9. The molecule has 0 aliphatic heterocycles. The molecule has 0 saturated heterocycles. The molecule has 2 aromatic rings. The fraction of sp³-hybridized carbons (Fsp3) is 0.188. The average molecular weight is 302 g/mol. The van der Waals surface area contributed by atoms with Crippen molar-refractivity contribution in [1.82, 2.24) is 0 Å². The minimum Gasteiger partial charge on any atom is -0.508 e. The molecular formula is C16H18N2O2S. The second-order valence-corrected chi connectivity index (χ2v) is 5.75. The summed E-state index contributed by atoms with van der Waals surface area (Å²) in [6, 6.07) is 13.2. The molecule has 21 heavy (non-hydrogen) atoms. The Labute approximate surface area is 128 Å². The maximum Gasteiger partial charge on any atom is 0.227 e. The molecule has 0 aliphatic rings. The summed E-state index contributed by atoms with van der Waals surface area (Å²) in [6.07, 6.45) is 0. The fourth-order valence-corrected chi connectivity index (χ4v) is 2.70. The van der Waals surface area contributed by atoms with E-state index in [4.69, 9.17) is 5.73 Å². The van der Waals surface area contributed by atoms with Gasteiger partial charge in [0.25, 0.3) is 0 Å². The van der Waals surface area contributed by atoms with Gasteiger partial charge in [0.05, 0.1) is 5.75 Å². The highest BCUT2D eigenvalue weighted by Gasteiger charge is 2.06. The number of hydrogen-bond acceptors (Lipinski definition) is 4. The molecule has 2 rings (SSSR count). The standard InChI is InChI=1S/C16H18N2O2S/c1-11-6-7-14(19)12(8-11)9-18-13-4-2-3-5-15(13)21-10-16(17)20/h2-8,18-19H,9-10H2,1H3,(H2,17,20). The number of anilines is 1. The van der Waals surface area contributed by atoms with Crippen molar-refractivity contribution in [2.24, 2.45) is 5.73 Å². The number of benzene rings is 2. The Morgan fingerprint density at radius 2 is 2.05 bits per heavy atom. The van der Waals surface area contributed by atoms with Gasteiger partial charge in [-0.25, -0.2) is 0 Å². The molecule has 0 fully saturated rings. The summed E-state index contributed by atoms with van der Waals surface area (Å²) in [7, 11) is 0. The van der Waals surface area contributed by atoms with Crippen LogP contribution in [0.4, 0.5) is 5.69 Å². The van der Waals surface area contributed by atoms with Crippen molar-refractivity contribution in [3.05, 3.63) is 53.6 Å². The van der Waals surface area contributed by atoms with E-state index in [0.29, 0.717) is 6.54 Å². The second kappa shape index (κ2) is 7.04. The molecule has 0 bridgehead atoms. The van der Waals surface area contributed by atoms with Crippen molar-refractivity contribution < 1.29 is 9.90 Å². The van der Waals surface area contributed by atoms with Gasteiger partial charge in [-0.05, 0) is 25.1 Å². The number of nitrogens with two attached hydrogens (primary N) is 1. The van der Waals surface area contributed by atoms with Gasteiger partial charge in [-0.1, -0.05) is 29.8 Å². The Hall–Kier alpha value is -2.14. The number of phenolic OH excluding ortho intramolecular Hbond substituents is 1. The van der Waals surface area contributed by atoms with Gasteiger partial charge >= 0.3 is 0 Å². The number of rotatable bonds is 6. The highest BCUT2D eigenvalue weighted by atomic mass is 32.2. The first-order chi connectivity index (χ1) is 10.1. The van der Waals surface area contributed by atoms with Gasteiger partial charge in [0.1, 0.15) is 5.75 Å². The average Bonchev–Trinajstić information content (AvgIpc) is 2.47. The summed E-state index contributed by atoms with van der Waals surface area (Å²) < 4.78 is 0. The number of nitrogens with one attached hydrogen (secondary N) is 1. The third kappa shape index (κ3) is 4.43. The van der Waals surface area contributed by atoms with Crippen LogP contribution in [0, 0.1) is 6.92 Å². The third-order valence-corrected chi connectivity index (χ3v) is 4.06. The molecule has 0 unspecified atom stereocenters. The SMILES string of the molecule is Cc1ccc(O)c(CNc2ccccc2SCC(N)=O)c1. The van der Waals surface area contributed by atoms with Crippen LogP contribution in [0.25, 0.3) is 0 Å². The van der Waals surface area contributed by atoms with Crippen molar-refractivity contribution in [3.63, 3.8) is 0 Å². The number of carbonyl (C=O) groups excluding carboxylic acids is 1. The van der Waals surface area contributed by atoms with E-state index in [0.717, 1.165) is 21.7 Å². The number of aromatic hydroxyl groups is 1. The Balaban J connectivity index is 2.09. The van der Waals surface area contributed by atoms with Crippen LogP contribution in [0.5, 0.6) is 5.75 Å². The van der Waals surface area contributed by atoms with Crippen LogP contribution in [0.1, 0.15) is 11.1 Å². The molecule has 0 aliphatic carbocycles. The molecule has 0 radical (unpaired) electrons. The summed E-state index contributed by atoms with van der Waals surface area (Å²) in [5.41, 5.74) is 8.04. The number of amides is 1. The quantitative estimate of drug-likeness (QED) is 0.717. The van der Waals surface area contributed by atoms with Crippen molar-refractivity contribution in [3.8, 4) is 5.75 Å². The summed E-state index contributed by atoms with van der Waals surface area (Å²) >= 11 is 1.40. The van der Waals surface area contributed by atoms with Gasteiger partial charge in [0, 0.05) is 22.7 Å². The number of phenols is 1. The largest absolute Gasteiger partial charge is 0.508 e. The van der Waals surface area contributed by atoms with E-state index in [1.165, 1.54) is 11.8 Å². The van der Waals surface area contributed by atoms with E-state index in [1.807, 2.05) is 43.3 Å². The van der Waals surface area contributed by atoms with E-state index in [-0.39, 0.29) is 17.4 Å². The lowest BCUT2D eigenvalue weighted by Crippen LogP contribution is -2.13. The van der Waals surface area contributed by atoms with E-state index in [1.54, 1.807) is 6.07 Å². The zero-order chi connectivity index (χ0) is 15.2. The minimum absolute atomic E-state index is 0.244. The van der Waals surface area contributed by atoms with Crippen molar-refractivity contribution in [1.29, 1.82) is 0 Å². The minimum atomic E-state index is -0.342. The Morgan fingerprint density at radius 1 is 1.29 bits per heavy atom. The smallest absolute Gasteiger partial charge is 0.227 e. The Kier molecular flexibility index (Phi) is 5.11. The topological polar surface area (TPSA) is 75.3 Å². The summed E-state index contributed by atoms with van der Waals surface area (Å²) in [6.45, 7) is 2.50. The zero-order valence-corrected chi connectivity index (χ0v) is 12.6. The summed E-state index contributed by atoms with van der Waals surface area (Å²) in [5.74, 6) is 0.176. The van der Waals surface area contributed by atoms with Crippen LogP contribution < -0.4 is 11.1 Å². The third-order valence-electron chi connectivity index (χ3n) is 2.96. The van der Waals surface area contributed by atoms with Gasteiger partial charge in [-0.3, -0.25) is 4.79 Å². The van der Waals surface area contributed by atoms with E-state index < -0.39 is 0 Å². The molecule has 110 valence electrons. The lowest BCUT2D eigenvalue weighted by atomic mass is 10.1. The molecule has 0 saturated carbocycles. The lowest BCUT2D eigenvalue weighted by molar-refractivity contribution is -0.115. The van der Waals surface area contributed by atoms with Crippen LogP contribution in [0.2, 0.25) is 0 Å². The van der Waals surface area contributed by atoms with Crippen molar-refractivity contribution >= 4 is 23.4 Å². The first-order valence-electron chi connectivity index (χ1n) is 6.59. The molecule has 0 spiro atoms. The number of carbonyl (C=O) groups is 1. The predicted octanol–water partition coefficient (Wildman–Crippen LogP) is 2.89. The molecular weight excluding hydrogens is 284 g/mol. The number of primary amides is 1. The monoisotopic (exact) mass is 302 g/mol. The van der Waals surface area contributed by atoms with Gasteiger partial charge in [-0.15, -0.1) is 11.8 Å². The van der Waals surface area contributed by atoms with Crippen LogP contribution in [0.3, 0.4) is 0 Å². The van der Waals surface area contributed by atoms with Crippen LogP contribution in [0.15, 0.2) is 47.4 Å². The molecule has 4 N–H and O–H groups in total. The van der Waals surface area contributed by atoms with Gasteiger partial charge < -0.3 is 16.2 Å². The molecule has 0 heterocycles. The molecule has 0 aromatic heterocycles. The van der Waals surface area contributed by atoms with Gasteiger partial charge in [-0.2, -0.15) is 0 Å². The van der Waals surface area contributed by atoms with Crippen LogP contribution in [-0.2, 0) is 11.3 Å². The number of aryl methyl sites for hydroxylation is 1. The first-order valence-corrected chi connectivity index (χ1v) is 7.57. The number of para-hydroxylation sites is 1. The molecule has 5 heteroatoms.